The highest BCUT2D eigenvalue weighted by Gasteiger charge is 2.49. The van der Waals surface area contributed by atoms with Gasteiger partial charge in [-0.05, 0) is 62.8 Å². The Balaban J connectivity index is 0.00000110. The number of unbranched alkanes of at least 4 members (excludes halogenated alkanes) is 1. The van der Waals surface area contributed by atoms with Crippen LogP contribution >= 0.6 is 11.8 Å². The van der Waals surface area contributed by atoms with Crippen molar-refractivity contribution in [2.24, 2.45) is 0 Å². The van der Waals surface area contributed by atoms with Crippen molar-refractivity contribution < 1.29 is 9.59 Å². The van der Waals surface area contributed by atoms with Crippen LogP contribution in [0.4, 0.5) is 5.69 Å². The van der Waals surface area contributed by atoms with Crippen LogP contribution in [0.5, 0.6) is 0 Å². The Labute approximate surface area is 235 Å². The van der Waals surface area contributed by atoms with Gasteiger partial charge in [-0.15, -0.1) is 18.3 Å². The molecule has 2 unspecified atom stereocenters. The highest BCUT2D eigenvalue weighted by atomic mass is 32.2. The van der Waals surface area contributed by atoms with Crippen LogP contribution in [0, 0.1) is 13.8 Å². The molecule has 0 bridgehead atoms. The van der Waals surface area contributed by atoms with Gasteiger partial charge in [-0.2, -0.15) is 5.10 Å². The number of thioether (sulfide) groups is 1. The van der Waals surface area contributed by atoms with E-state index in [1.54, 1.807) is 21.3 Å². The Hall–Kier alpha value is -2.80. The molecule has 0 spiro atoms. The molecule has 2 aromatic rings. The second-order valence-electron chi connectivity index (χ2n) is 9.26. The molecular weight excluding hydrogens is 492 g/mol. The number of anilines is 1. The van der Waals surface area contributed by atoms with Gasteiger partial charge < -0.3 is 5.32 Å². The van der Waals surface area contributed by atoms with Gasteiger partial charge in [-0.1, -0.05) is 71.7 Å². The Kier molecular flexibility index (Phi) is 14.2. The minimum atomic E-state index is -1.11. The normalized spacial score (nSPS) is 17.1. The van der Waals surface area contributed by atoms with Crippen molar-refractivity contribution in [3.05, 3.63) is 70.9 Å². The lowest BCUT2D eigenvalue weighted by molar-refractivity contribution is -0.126. The van der Waals surface area contributed by atoms with Crippen molar-refractivity contribution in [2.75, 3.05) is 11.4 Å². The predicted molar refractivity (Wildman–Crippen MR) is 164 cm³/mol. The molecule has 2 heterocycles. The first-order valence-corrected chi connectivity index (χ1v) is 14.8. The predicted octanol–water partition coefficient (Wildman–Crippen LogP) is 7.77. The summed E-state index contributed by atoms with van der Waals surface area (Å²) in [5, 5.41) is 9.61. The summed E-state index contributed by atoms with van der Waals surface area (Å²) >= 11 is 1.58. The smallest absolute Gasteiger partial charge is 0.277 e. The highest BCUT2D eigenvalue weighted by Crippen LogP contribution is 2.37. The maximum atomic E-state index is 13.9. The fourth-order valence-corrected chi connectivity index (χ4v) is 4.63. The van der Waals surface area contributed by atoms with E-state index in [4.69, 9.17) is 5.10 Å². The van der Waals surface area contributed by atoms with E-state index in [-0.39, 0.29) is 23.6 Å². The number of hydrogen-bond acceptors (Lipinski definition) is 4. The van der Waals surface area contributed by atoms with Crippen LogP contribution in [0.1, 0.15) is 100 Å². The average Bonchev–Trinajstić information content (AvgIpc) is 3.35. The standard InChI is InChI=1S/C25H32N4O2S.C4H10.C2H6/c1-7-13-26-24(31)25(6)16-28-21(15-19(27-28)22(9-3)32-14-8-2)23(30)29(25)20-12-10-11-17(4)18(20)5;1-3-4-2;1-2/h8-12,14-15,22H,3,7,13,16H2,1-2,4-6H3,(H,26,31);3-4H2,1-2H3;1-2H3/b14-8-;;. The molecule has 3 rings (SSSR count). The summed E-state index contributed by atoms with van der Waals surface area (Å²) in [5.74, 6) is -0.406. The Morgan fingerprint density at radius 1 is 1.21 bits per heavy atom. The molecule has 0 aliphatic carbocycles. The maximum absolute atomic E-state index is 13.9. The van der Waals surface area contributed by atoms with Gasteiger partial charge >= 0.3 is 0 Å². The number of nitrogens with one attached hydrogen (secondary N) is 1. The van der Waals surface area contributed by atoms with Crippen LogP contribution in [0.25, 0.3) is 0 Å². The molecule has 0 saturated carbocycles. The number of nitrogens with zero attached hydrogens (tertiary/aromatic N) is 3. The molecule has 210 valence electrons. The molecule has 0 saturated heterocycles. The van der Waals surface area contributed by atoms with Gasteiger partial charge in [-0.3, -0.25) is 19.2 Å². The topological polar surface area (TPSA) is 67.2 Å². The van der Waals surface area contributed by atoms with Gasteiger partial charge in [-0.25, -0.2) is 0 Å². The number of allylic oxidation sites excluding steroid dienone is 1. The van der Waals surface area contributed by atoms with Crippen molar-refractivity contribution in [3.8, 4) is 0 Å². The van der Waals surface area contributed by atoms with Gasteiger partial charge in [0.2, 0.25) is 5.91 Å². The van der Waals surface area contributed by atoms with Crippen molar-refractivity contribution in [1.82, 2.24) is 15.1 Å². The fraction of sp³-hybridized carbons (Fsp3) is 0.516. The summed E-state index contributed by atoms with van der Waals surface area (Å²) in [6.45, 7) is 22.9. The average molecular weight is 541 g/mol. The number of rotatable bonds is 9. The Bertz CT molecular complexity index is 1090. The third-order valence-corrected chi connectivity index (χ3v) is 7.54. The van der Waals surface area contributed by atoms with E-state index in [2.05, 4.69) is 25.7 Å². The first-order valence-electron chi connectivity index (χ1n) is 13.9. The number of hydrogen-bond donors (Lipinski definition) is 1. The second-order valence-corrected chi connectivity index (χ2v) is 10.3. The lowest BCUT2D eigenvalue weighted by atomic mass is 9.92. The van der Waals surface area contributed by atoms with E-state index in [1.807, 2.05) is 90.3 Å². The van der Waals surface area contributed by atoms with E-state index < -0.39 is 5.54 Å². The highest BCUT2D eigenvalue weighted by molar-refractivity contribution is 8.02. The van der Waals surface area contributed by atoms with E-state index >= 15 is 0 Å². The van der Waals surface area contributed by atoms with Crippen LogP contribution in [0.15, 0.2) is 48.4 Å². The summed E-state index contributed by atoms with van der Waals surface area (Å²) in [4.78, 5) is 28.9. The van der Waals surface area contributed by atoms with Crippen LogP contribution in [-0.2, 0) is 11.3 Å². The molecule has 7 heteroatoms. The lowest BCUT2D eigenvalue weighted by Gasteiger charge is -2.43. The number of fused-ring (bicyclic) bond motifs is 1. The maximum Gasteiger partial charge on any atom is 0.277 e. The number of benzene rings is 1. The number of carbonyl (C=O) groups is 2. The molecule has 1 N–H and O–H groups in total. The molecular formula is C31H48N4O2S. The van der Waals surface area contributed by atoms with Gasteiger partial charge in [0.25, 0.3) is 5.91 Å². The van der Waals surface area contributed by atoms with Crippen LogP contribution in [0.2, 0.25) is 0 Å². The molecule has 0 radical (unpaired) electrons. The molecule has 2 atom stereocenters. The Morgan fingerprint density at radius 3 is 2.42 bits per heavy atom. The minimum absolute atomic E-state index is 0.0774. The summed E-state index contributed by atoms with van der Waals surface area (Å²) in [6.07, 6.45) is 7.23. The van der Waals surface area contributed by atoms with Gasteiger partial charge in [0.15, 0.2) is 0 Å². The minimum Gasteiger partial charge on any atom is -0.354 e. The molecule has 0 fully saturated rings. The molecule has 1 aliphatic heterocycles. The first-order chi connectivity index (χ1) is 18.2. The molecule has 6 nitrogen and oxygen atoms in total. The number of aromatic nitrogens is 2. The van der Waals surface area contributed by atoms with Crippen molar-refractivity contribution >= 4 is 29.3 Å². The zero-order chi connectivity index (χ0) is 28.9. The van der Waals surface area contributed by atoms with Gasteiger partial charge in [0.1, 0.15) is 11.2 Å². The van der Waals surface area contributed by atoms with Crippen molar-refractivity contribution in [1.29, 1.82) is 0 Å². The van der Waals surface area contributed by atoms with Crippen molar-refractivity contribution in [2.45, 2.75) is 98.9 Å². The van der Waals surface area contributed by atoms with Crippen LogP contribution in [-0.4, -0.2) is 33.7 Å². The Morgan fingerprint density at radius 2 is 1.87 bits per heavy atom. The third kappa shape index (κ3) is 7.62. The zero-order valence-corrected chi connectivity index (χ0v) is 25.7. The molecule has 1 aromatic carbocycles. The SMILES string of the molecule is C=CC(S/C=C\C)c1cc2n(n1)CC(C)(C(=O)NCCC)N(c1cccc(C)c1C)C2=O.CC.CCCC. The number of amides is 2. The van der Waals surface area contributed by atoms with E-state index in [1.165, 1.54) is 12.8 Å². The molecule has 1 aromatic heterocycles. The zero-order valence-electron chi connectivity index (χ0n) is 24.9. The largest absolute Gasteiger partial charge is 0.354 e. The first kappa shape index (κ1) is 33.2. The number of aryl methyl sites for hydroxylation is 1. The quantitative estimate of drug-likeness (QED) is 0.330. The van der Waals surface area contributed by atoms with Crippen LogP contribution in [0.3, 0.4) is 0 Å². The number of carbonyl (C=O) groups excluding carboxylic acids is 2. The fourth-order valence-electron chi connectivity index (χ4n) is 3.93. The summed E-state index contributed by atoms with van der Waals surface area (Å²) < 4.78 is 1.68. The molecule has 38 heavy (non-hydrogen) atoms. The van der Waals surface area contributed by atoms with E-state index in [9.17, 15) is 9.59 Å². The summed E-state index contributed by atoms with van der Waals surface area (Å²) in [7, 11) is 0. The third-order valence-electron chi connectivity index (χ3n) is 6.38. The monoisotopic (exact) mass is 540 g/mol. The van der Waals surface area contributed by atoms with Gasteiger partial charge in [0, 0.05) is 12.2 Å². The van der Waals surface area contributed by atoms with E-state index in [0.29, 0.717) is 12.2 Å². The van der Waals surface area contributed by atoms with Crippen LogP contribution < -0.4 is 10.2 Å². The molecule has 1 aliphatic rings. The van der Waals surface area contributed by atoms with Gasteiger partial charge in [0.05, 0.1) is 17.5 Å². The molecule has 2 amide bonds. The lowest BCUT2D eigenvalue weighted by Crippen LogP contribution is -2.64. The summed E-state index contributed by atoms with van der Waals surface area (Å²) in [6, 6.07) is 7.67. The second kappa shape index (κ2) is 16.2. The van der Waals surface area contributed by atoms with E-state index in [0.717, 1.165) is 28.9 Å². The summed E-state index contributed by atoms with van der Waals surface area (Å²) in [5.41, 5.74) is 2.93. The van der Waals surface area contributed by atoms with Crippen molar-refractivity contribution in [3.63, 3.8) is 0 Å².